The number of carbonyl (C=O) groups is 1. The Kier molecular flexibility index (Phi) is 5.26. The van der Waals surface area contributed by atoms with E-state index >= 15 is 0 Å². The molecule has 0 aliphatic heterocycles. The normalized spacial score (nSPS) is 13.2. The average Bonchev–Trinajstić information content (AvgIpc) is 3.17. The number of aromatic nitrogens is 2. The van der Waals surface area contributed by atoms with Crippen molar-refractivity contribution in [2.45, 2.75) is 25.5 Å². The predicted octanol–water partition coefficient (Wildman–Crippen LogP) is 3.17. The third-order valence-corrected chi connectivity index (χ3v) is 4.10. The maximum absolute atomic E-state index is 12.3. The van der Waals surface area contributed by atoms with E-state index in [0.717, 1.165) is 16.8 Å². The molecule has 0 aliphatic carbocycles. The summed E-state index contributed by atoms with van der Waals surface area (Å²) in [5.74, 6) is -0.195. The SMILES string of the molecule is CC(NC(=O)CC(O)c1ccccc1)c1ccccc1-n1cccn1. The molecule has 1 aromatic heterocycles. The smallest absolute Gasteiger partial charge is 0.223 e. The first kappa shape index (κ1) is 16.9. The van der Waals surface area contributed by atoms with Crippen molar-refractivity contribution in [3.05, 3.63) is 84.2 Å². The van der Waals surface area contributed by atoms with Gasteiger partial charge >= 0.3 is 0 Å². The van der Waals surface area contributed by atoms with Gasteiger partial charge in [0.1, 0.15) is 0 Å². The maximum Gasteiger partial charge on any atom is 0.223 e. The molecule has 3 rings (SSSR count). The highest BCUT2D eigenvalue weighted by Crippen LogP contribution is 2.22. The summed E-state index contributed by atoms with van der Waals surface area (Å²) in [7, 11) is 0. The third kappa shape index (κ3) is 4.14. The van der Waals surface area contributed by atoms with Crippen molar-refractivity contribution in [3.8, 4) is 5.69 Å². The second-order valence-electron chi connectivity index (χ2n) is 5.93. The van der Waals surface area contributed by atoms with Gasteiger partial charge in [-0.2, -0.15) is 5.10 Å². The Balaban J connectivity index is 1.68. The van der Waals surface area contributed by atoms with Gasteiger partial charge in [-0.3, -0.25) is 4.79 Å². The lowest BCUT2D eigenvalue weighted by Crippen LogP contribution is -2.28. The van der Waals surface area contributed by atoms with Crippen molar-refractivity contribution in [2.24, 2.45) is 0 Å². The van der Waals surface area contributed by atoms with Crippen molar-refractivity contribution in [1.82, 2.24) is 15.1 Å². The van der Waals surface area contributed by atoms with Crippen LogP contribution in [-0.2, 0) is 4.79 Å². The minimum Gasteiger partial charge on any atom is -0.388 e. The number of nitrogens with one attached hydrogen (secondary N) is 1. The Morgan fingerprint density at radius 3 is 2.56 bits per heavy atom. The summed E-state index contributed by atoms with van der Waals surface area (Å²) < 4.78 is 1.77. The van der Waals surface area contributed by atoms with E-state index in [9.17, 15) is 9.90 Å². The third-order valence-electron chi connectivity index (χ3n) is 4.10. The number of nitrogens with zero attached hydrogens (tertiary/aromatic N) is 2. The van der Waals surface area contributed by atoms with Gasteiger partial charge in [0.15, 0.2) is 0 Å². The van der Waals surface area contributed by atoms with Crippen LogP contribution in [0.5, 0.6) is 0 Å². The number of rotatable bonds is 6. The first-order valence-corrected chi connectivity index (χ1v) is 8.26. The molecule has 5 nitrogen and oxygen atoms in total. The Hall–Kier alpha value is -2.92. The summed E-state index contributed by atoms with van der Waals surface area (Å²) >= 11 is 0. The molecule has 0 bridgehead atoms. The van der Waals surface area contributed by atoms with Gasteiger partial charge in [0, 0.05) is 12.4 Å². The van der Waals surface area contributed by atoms with Crippen LogP contribution in [0.1, 0.15) is 36.6 Å². The molecule has 0 fully saturated rings. The molecule has 2 atom stereocenters. The number of amides is 1. The number of benzene rings is 2. The van der Waals surface area contributed by atoms with Crippen molar-refractivity contribution in [2.75, 3.05) is 0 Å². The Morgan fingerprint density at radius 2 is 1.84 bits per heavy atom. The first-order chi connectivity index (χ1) is 12.1. The number of aliphatic hydroxyl groups is 1. The molecule has 0 aliphatic rings. The average molecular weight is 335 g/mol. The van der Waals surface area contributed by atoms with E-state index in [1.165, 1.54) is 0 Å². The Bertz CT molecular complexity index is 816. The first-order valence-electron chi connectivity index (χ1n) is 8.26. The fourth-order valence-corrected chi connectivity index (χ4v) is 2.82. The Morgan fingerprint density at radius 1 is 1.12 bits per heavy atom. The number of hydrogen-bond donors (Lipinski definition) is 2. The van der Waals surface area contributed by atoms with Crippen molar-refractivity contribution >= 4 is 5.91 Å². The Labute approximate surface area is 146 Å². The highest BCUT2D eigenvalue weighted by atomic mass is 16.3. The molecule has 0 saturated carbocycles. The molecule has 25 heavy (non-hydrogen) atoms. The van der Waals surface area contributed by atoms with Gasteiger partial charge < -0.3 is 10.4 Å². The van der Waals surface area contributed by atoms with Crippen LogP contribution in [0.15, 0.2) is 73.1 Å². The summed E-state index contributed by atoms with van der Waals surface area (Å²) in [5.41, 5.74) is 2.62. The quantitative estimate of drug-likeness (QED) is 0.727. The minimum absolute atomic E-state index is 0.0261. The molecule has 2 unspecified atom stereocenters. The molecular formula is C20H21N3O2. The minimum atomic E-state index is -0.810. The lowest BCUT2D eigenvalue weighted by molar-refractivity contribution is -0.123. The molecule has 0 saturated heterocycles. The summed E-state index contributed by atoms with van der Waals surface area (Å²) in [6.45, 7) is 1.93. The fourth-order valence-electron chi connectivity index (χ4n) is 2.82. The van der Waals surface area contributed by atoms with Crippen LogP contribution in [0.25, 0.3) is 5.69 Å². The summed E-state index contributed by atoms with van der Waals surface area (Å²) in [4.78, 5) is 12.3. The van der Waals surface area contributed by atoms with Crippen LogP contribution in [0, 0.1) is 0 Å². The monoisotopic (exact) mass is 335 g/mol. The second kappa shape index (κ2) is 7.77. The van der Waals surface area contributed by atoms with E-state index < -0.39 is 6.10 Å². The highest BCUT2D eigenvalue weighted by Gasteiger charge is 2.17. The van der Waals surface area contributed by atoms with Crippen LogP contribution >= 0.6 is 0 Å². The summed E-state index contributed by atoms with van der Waals surface area (Å²) in [5, 5.41) is 17.4. The van der Waals surface area contributed by atoms with Gasteiger partial charge in [0.2, 0.25) is 5.91 Å². The zero-order valence-electron chi connectivity index (χ0n) is 14.0. The number of carbonyl (C=O) groups excluding carboxylic acids is 1. The van der Waals surface area contributed by atoms with Crippen LogP contribution < -0.4 is 5.32 Å². The summed E-state index contributed by atoms with van der Waals surface area (Å²) in [6.07, 6.45) is 2.80. The van der Waals surface area contributed by atoms with Crippen molar-refractivity contribution in [3.63, 3.8) is 0 Å². The van der Waals surface area contributed by atoms with Crippen molar-refractivity contribution in [1.29, 1.82) is 0 Å². The number of hydrogen-bond acceptors (Lipinski definition) is 3. The topological polar surface area (TPSA) is 67.2 Å². The molecule has 1 heterocycles. The van der Waals surface area contributed by atoms with Crippen LogP contribution in [0.3, 0.4) is 0 Å². The lowest BCUT2D eigenvalue weighted by Gasteiger charge is -2.19. The lowest BCUT2D eigenvalue weighted by atomic mass is 10.0. The van der Waals surface area contributed by atoms with E-state index in [0.29, 0.717) is 0 Å². The van der Waals surface area contributed by atoms with Gasteiger partial charge in [0.05, 0.1) is 24.3 Å². The predicted molar refractivity (Wildman–Crippen MR) is 96.1 cm³/mol. The van der Waals surface area contributed by atoms with Gasteiger partial charge in [0.25, 0.3) is 0 Å². The molecule has 1 amide bonds. The van der Waals surface area contributed by atoms with E-state index in [2.05, 4.69) is 10.4 Å². The van der Waals surface area contributed by atoms with Crippen LogP contribution in [-0.4, -0.2) is 20.8 Å². The molecule has 3 aromatic rings. The molecule has 2 aromatic carbocycles. The molecule has 5 heteroatoms. The standard InChI is InChI=1S/C20H21N3O2/c1-15(17-10-5-6-11-18(17)23-13-7-12-21-23)22-20(25)14-19(24)16-8-3-2-4-9-16/h2-13,15,19,24H,14H2,1H3,(H,22,25). The summed E-state index contributed by atoms with van der Waals surface area (Å²) in [6, 6.07) is 18.7. The van der Waals surface area contributed by atoms with Crippen LogP contribution in [0.4, 0.5) is 0 Å². The maximum atomic E-state index is 12.3. The van der Waals surface area contributed by atoms with Gasteiger partial charge in [-0.05, 0) is 30.2 Å². The highest BCUT2D eigenvalue weighted by molar-refractivity contribution is 5.77. The molecule has 2 N–H and O–H groups in total. The molecule has 0 radical (unpaired) electrons. The zero-order valence-corrected chi connectivity index (χ0v) is 14.0. The number of para-hydroxylation sites is 1. The number of aliphatic hydroxyl groups excluding tert-OH is 1. The van der Waals surface area contributed by atoms with Crippen LogP contribution in [0.2, 0.25) is 0 Å². The van der Waals surface area contributed by atoms with Gasteiger partial charge in [-0.25, -0.2) is 4.68 Å². The van der Waals surface area contributed by atoms with E-state index in [-0.39, 0.29) is 18.4 Å². The second-order valence-corrected chi connectivity index (χ2v) is 5.93. The van der Waals surface area contributed by atoms with Crippen molar-refractivity contribution < 1.29 is 9.90 Å². The molecular weight excluding hydrogens is 314 g/mol. The zero-order chi connectivity index (χ0) is 17.6. The molecule has 128 valence electrons. The van der Waals surface area contributed by atoms with E-state index in [4.69, 9.17) is 0 Å². The van der Waals surface area contributed by atoms with E-state index in [1.54, 1.807) is 10.9 Å². The van der Waals surface area contributed by atoms with Gasteiger partial charge in [-0.1, -0.05) is 48.5 Å². The largest absolute Gasteiger partial charge is 0.388 e. The van der Waals surface area contributed by atoms with Gasteiger partial charge in [-0.15, -0.1) is 0 Å². The fraction of sp³-hybridized carbons (Fsp3) is 0.200. The van der Waals surface area contributed by atoms with E-state index in [1.807, 2.05) is 73.8 Å². The molecule has 0 spiro atoms.